The maximum absolute atomic E-state index is 12.2. The summed E-state index contributed by atoms with van der Waals surface area (Å²) < 4.78 is 5.34. The molecule has 0 bridgehead atoms. The fraction of sp³-hybridized carbons (Fsp3) is 0.450. The lowest BCUT2D eigenvalue weighted by Gasteiger charge is -2.27. The van der Waals surface area contributed by atoms with Crippen molar-refractivity contribution in [3.8, 4) is 0 Å². The van der Waals surface area contributed by atoms with Gasteiger partial charge in [-0.1, -0.05) is 36.4 Å². The third kappa shape index (κ3) is 7.56. The van der Waals surface area contributed by atoms with E-state index in [9.17, 15) is 9.90 Å². The fourth-order valence-electron chi connectivity index (χ4n) is 2.51. The number of thiophene rings is 1. The number of carbonyl (C=O) groups is 1. The molecule has 0 unspecified atom stereocenters. The zero-order chi connectivity index (χ0) is 19.0. The van der Waals surface area contributed by atoms with Crippen LogP contribution in [0.2, 0.25) is 0 Å². The van der Waals surface area contributed by atoms with Crippen molar-refractivity contribution in [2.45, 2.75) is 51.5 Å². The van der Waals surface area contributed by atoms with E-state index < -0.39 is 23.8 Å². The number of amides is 1. The van der Waals surface area contributed by atoms with Crippen molar-refractivity contribution in [2.24, 2.45) is 0 Å². The topological polar surface area (TPSA) is 70.6 Å². The smallest absolute Gasteiger partial charge is 0.407 e. The van der Waals surface area contributed by atoms with E-state index in [1.807, 2.05) is 68.6 Å². The molecule has 3 N–H and O–H groups in total. The number of hydrogen-bond acceptors (Lipinski definition) is 5. The van der Waals surface area contributed by atoms with E-state index in [1.165, 1.54) is 4.88 Å². The first-order chi connectivity index (χ1) is 12.3. The molecule has 0 fully saturated rings. The first-order valence-corrected chi connectivity index (χ1v) is 9.66. The second-order valence-electron chi connectivity index (χ2n) is 7.22. The van der Waals surface area contributed by atoms with Gasteiger partial charge in [0.25, 0.3) is 0 Å². The minimum atomic E-state index is -0.734. The van der Waals surface area contributed by atoms with Gasteiger partial charge in [-0.05, 0) is 44.2 Å². The Bertz CT molecular complexity index is 653. The number of benzene rings is 1. The molecule has 0 saturated heterocycles. The SMILES string of the molecule is CC(C)(C)OC(=O)N[C@@H](Cc1ccccc1)[C@H](O)CNCc1cccs1. The molecule has 142 valence electrons. The largest absolute Gasteiger partial charge is 0.444 e. The highest BCUT2D eigenvalue weighted by Gasteiger charge is 2.24. The van der Waals surface area contributed by atoms with Crippen molar-refractivity contribution in [3.05, 3.63) is 58.3 Å². The highest BCUT2D eigenvalue weighted by Crippen LogP contribution is 2.11. The van der Waals surface area contributed by atoms with Crippen LogP contribution in [-0.2, 0) is 17.7 Å². The number of aliphatic hydroxyl groups is 1. The molecule has 2 aromatic rings. The fourth-order valence-corrected chi connectivity index (χ4v) is 3.18. The van der Waals surface area contributed by atoms with Crippen LogP contribution in [-0.4, -0.2) is 35.5 Å². The number of hydrogen-bond donors (Lipinski definition) is 3. The molecule has 0 aliphatic heterocycles. The maximum atomic E-state index is 12.2. The maximum Gasteiger partial charge on any atom is 0.407 e. The van der Waals surface area contributed by atoms with Crippen LogP contribution in [0.25, 0.3) is 0 Å². The van der Waals surface area contributed by atoms with Gasteiger partial charge in [-0.25, -0.2) is 4.79 Å². The number of alkyl carbamates (subject to hydrolysis) is 1. The highest BCUT2D eigenvalue weighted by molar-refractivity contribution is 7.09. The van der Waals surface area contributed by atoms with E-state index in [0.29, 0.717) is 19.5 Å². The van der Waals surface area contributed by atoms with Crippen LogP contribution in [0.5, 0.6) is 0 Å². The van der Waals surface area contributed by atoms with Gasteiger partial charge in [0.2, 0.25) is 0 Å². The van der Waals surface area contributed by atoms with E-state index >= 15 is 0 Å². The van der Waals surface area contributed by atoms with Gasteiger partial charge in [0.1, 0.15) is 5.60 Å². The Morgan fingerprint density at radius 3 is 2.54 bits per heavy atom. The minimum absolute atomic E-state index is 0.380. The lowest BCUT2D eigenvalue weighted by molar-refractivity contribution is 0.0422. The Balaban J connectivity index is 1.95. The van der Waals surface area contributed by atoms with Crippen molar-refractivity contribution in [1.29, 1.82) is 0 Å². The summed E-state index contributed by atoms with van der Waals surface area (Å²) >= 11 is 1.67. The third-order valence-electron chi connectivity index (χ3n) is 3.70. The molecule has 5 nitrogen and oxygen atoms in total. The van der Waals surface area contributed by atoms with E-state index in [-0.39, 0.29) is 0 Å². The van der Waals surface area contributed by atoms with Crippen LogP contribution < -0.4 is 10.6 Å². The summed E-state index contributed by atoms with van der Waals surface area (Å²) in [6, 6.07) is 13.4. The van der Waals surface area contributed by atoms with Crippen LogP contribution in [0.3, 0.4) is 0 Å². The number of nitrogens with one attached hydrogen (secondary N) is 2. The Kier molecular flexibility index (Phi) is 7.63. The quantitative estimate of drug-likeness (QED) is 0.661. The van der Waals surface area contributed by atoms with Crippen molar-refractivity contribution in [1.82, 2.24) is 10.6 Å². The molecule has 1 aromatic carbocycles. The number of ether oxygens (including phenoxy) is 1. The van der Waals surface area contributed by atoms with Crippen LogP contribution >= 0.6 is 11.3 Å². The molecule has 0 spiro atoms. The molecular weight excluding hydrogens is 348 g/mol. The Labute approximate surface area is 159 Å². The lowest BCUT2D eigenvalue weighted by atomic mass is 10.0. The molecule has 26 heavy (non-hydrogen) atoms. The lowest BCUT2D eigenvalue weighted by Crippen LogP contribution is -2.49. The second kappa shape index (κ2) is 9.71. The van der Waals surface area contributed by atoms with E-state index in [4.69, 9.17) is 4.74 Å². The predicted octanol–water partition coefficient (Wildman–Crippen LogP) is 3.33. The summed E-state index contributed by atoms with van der Waals surface area (Å²) in [5, 5.41) is 18.7. The monoisotopic (exact) mass is 376 g/mol. The zero-order valence-electron chi connectivity index (χ0n) is 15.6. The van der Waals surface area contributed by atoms with Crippen LogP contribution in [0.4, 0.5) is 4.79 Å². The number of rotatable bonds is 8. The molecular formula is C20H28N2O3S. The van der Waals surface area contributed by atoms with Crippen LogP contribution in [0, 0.1) is 0 Å². The first kappa shape index (κ1) is 20.4. The van der Waals surface area contributed by atoms with Crippen molar-refractivity contribution < 1.29 is 14.6 Å². The summed E-state index contributed by atoms with van der Waals surface area (Å²) in [5.74, 6) is 0. The second-order valence-corrected chi connectivity index (χ2v) is 8.25. The van der Waals surface area contributed by atoms with E-state index in [0.717, 1.165) is 5.56 Å². The Hall–Kier alpha value is -1.89. The normalized spacial score (nSPS) is 13.8. The summed E-state index contributed by atoms with van der Waals surface area (Å²) in [7, 11) is 0. The number of aliphatic hydroxyl groups excluding tert-OH is 1. The van der Waals surface area contributed by atoms with Crippen molar-refractivity contribution in [2.75, 3.05) is 6.54 Å². The Morgan fingerprint density at radius 1 is 1.19 bits per heavy atom. The first-order valence-electron chi connectivity index (χ1n) is 8.78. The molecule has 0 radical (unpaired) electrons. The van der Waals surface area contributed by atoms with Gasteiger partial charge < -0.3 is 20.5 Å². The number of carbonyl (C=O) groups excluding carboxylic acids is 1. The van der Waals surface area contributed by atoms with Gasteiger partial charge in [-0.3, -0.25) is 0 Å². The summed E-state index contributed by atoms with van der Waals surface area (Å²) in [6.07, 6.45) is -0.722. The van der Waals surface area contributed by atoms with E-state index in [2.05, 4.69) is 10.6 Å². The zero-order valence-corrected chi connectivity index (χ0v) is 16.4. The van der Waals surface area contributed by atoms with Gasteiger partial charge in [0.15, 0.2) is 0 Å². The minimum Gasteiger partial charge on any atom is -0.444 e. The van der Waals surface area contributed by atoms with Gasteiger partial charge >= 0.3 is 6.09 Å². The molecule has 0 saturated carbocycles. The van der Waals surface area contributed by atoms with Gasteiger partial charge in [0, 0.05) is 18.0 Å². The summed E-state index contributed by atoms with van der Waals surface area (Å²) in [6.45, 7) is 6.53. The molecule has 0 aliphatic carbocycles. The van der Waals surface area contributed by atoms with Gasteiger partial charge in [0.05, 0.1) is 12.1 Å². The molecule has 1 heterocycles. The van der Waals surface area contributed by atoms with Crippen molar-refractivity contribution in [3.63, 3.8) is 0 Å². The molecule has 2 atom stereocenters. The molecule has 6 heteroatoms. The third-order valence-corrected chi connectivity index (χ3v) is 4.57. The predicted molar refractivity (Wildman–Crippen MR) is 105 cm³/mol. The van der Waals surface area contributed by atoms with Gasteiger partial charge in [-0.2, -0.15) is 0 Å². The average molecular weight is 377 g/mol. The highest BCUT2D eigenvalue weighted by atomic mass is 32.1. The standard InChI is InChI=1S/C20H28N2O3S/c1-20(2,3)25-19(24)22-17(12-15-8-5-4-6-9-15)18(23)14-21-13-16-10-7-11-26-16/h4-11,17-18,21,23H,12-14H2,1-3H3,(H,22,24)/t17-,18+/m0/s1. The Morgan fingerprint density at radius 2 is 1.92 bits per heavy atom. The molecule has 0 aliphatic rings. The summed E-state index contributed by atoms with van der Waals surface area (Å²) in [4.78, 5) is 13.4. The van der Waals surface area contributed by atoms with Crippen LogP contribution in [0.15, 0.2) is 47.8 Å². The molecule has 1 amide bonds. The average Bonchev–Trinajstić information content (AvgIpc) is 3.06. The van der Waals surface area contributed by atoms with Gasteiger partial charge in [-0.15, -0.1) is 11.3 Å². The van der Waals surface area contributed by atoms with E-state index in [1.54, 1.807) is 11.3 Å². The molecule has 2 rings (SSSR count). The molecule has 1 aromatic heterocycles. The van der Waals surface area contributed by atoms with Crippen LogP contribution in [0.1, 0.15) is 31.2 Å². The van der Waals surface area contributed by atoms with Crippen molar-refractivity contribution >= 4 is 17.4 Å². The summed E-state index contributed by atoms with van der Waals surface area (Å²) in [5.41, 5.74) is 0.467.